The maximum absolute atomic E-state index is 11.9. The Morgan fingerprint density at radius 1 is 1.36 bits per heavy atom. The lowest BCUT2D eigenvalue weighted by molar-refractivity contribution is -0.145. The molecule has 1 aromatic heterocycles. The van der Waals surface area contributed by atoms with Crippen LogP contribution in [-0.2, 0) is 18.4 Å². The van der Waals surface area contributed by atoms with E-state index < -0.39 is 5.97 Å². The van der Waals surface area contributed by atoms with E-state index >= 15 is 0 Å². The van der Waals surface area contributed by atoms with Crippen molar-refractivity contribution in [2.75, 3.05) is 32.7 Å². The lowest BCUT2D eigenvalue weighted by Crippen LogP contribution is -2.46. The van der Waals surface area contributed by atoms with Crippen molar-refractivity contribution in [1.29, 1.82) is 0 Å². The van der Waals surface area contributed by atoms with Gasteiger partial charge in [-0.1, -0.05) is 11.6 Å². The molecule has 25 heavy (non-hydrogen) atoms. The molecule has 3 heterocycles. The molecule has 0 radical (unpaired) electrons. The Balaban J connectivity index is 1.66. The zero-order valence-electron chi connectivity index (χ0n) is 15.6. The summed E-state index contributed by atoms with van der Waals surface area (Å²) in [6.07, 6.45) is 7.94. The van der Waals surface area contributed by atoms with Crippen LogP contribution in [0.5, 0.6) is 0 Å². The number of allylic oxidation sites excluding steroid dienone is 1. The molecule has 0 aliphatic carbocycles. The first-order chi connectivity index (χ1) is 11.9. The van der Waals surface area contributed by atoms with Crippen LogP contribution in [0, 0.1) is 11.3 Å². The van der Waals surface area contributed by atoms with Gasteiger partial charge in [-0.3, -0.25) is 14.6 Å². The van der Waals surface area contributed by atoms with E-state index in [9.17, 15) is 9.90 Å². The highest BCUT2D eigenvalue weighted by atomic mass is 16.4. The molecule has 1 atom stereocenters. The predicted molar refractivity (Wildman–Crippen MR) is 97.1 cm³/mol. The number of rotatable bonds is 5. The Morgan fingerprint density at radius 2 is 2.08 bits per heavy atom. The Labute approximate surface area is 150 Å². The number of aliphatic carboxylic acids is 1. The smallest absolute Gasteiger partial charge is 0.308 e. The minimum atomic E-state index is -0.639. The van der Waals surface area contributed by atoms with Crippen LogP contribution in [-0.4, -0.2) is 63.2 Å². The van der Waals surface area contributed by atoms with Crippen molar-refractivity contribution >= 4 is 5.97 Å². The molecule has 2 aliphatic heterocycles. The number of piperidine rings is 1. The highest BCUT2D eigenvalue weighted by Crippen LogP contribution is 2.45. The van der Waals surface area contributed by atoms with Crippen molar-refractivity contribution in [3.05, 3.63) is 29.9 Å². The lowest BCUT2D eigenvalue weighted by Gasteiger charge is -2.41. The molecule has 2 saturated heterocycles. The summed E-state index contributed by atoms with van der Waals surface area (Å²) in [7, 11) is 1.99. The van der Waals surface area contributed by atoms with Gasteiger partial charge in [-0.25, -0.2) is 4.98 Å². The molecule has 2 aliphatic rings. The van der Waals surface area contributed by atoms with Gasteiger partial charge in [-0.2, -0.15) is 0 Å². The van der Waals surface area contributed by atoms with Crippen molar-refractivity contribution in [2.45, 2.75) is 33.2 Å². The SMILES string of the molecule is CC(C)=CCN1CCC2(CC1)CN(Cc1nccn1C)CC2C(=O)O. The van der Waals surface area contributed by atoms with E-state index in [0.29, 0.717) is 6.54 Å². The molecule has 0 saturated carbocycles. The van der Waals surface area contributed by atoms with Crippen LogP contribution < -0.4 is 0 Å². The van der Waals surface area contributed by atoms with Gasteiger partial charge in [0, 0.05) is 44.5 Å². The molecule has 0 bridgehead atoms. The summed E-state index contributed by atoms with van der Waals surface area (Å²) in [5.74, 6) is 0.0978. The Bertz CT molecular complexity index is 640. The Kier molecular flexibility index (Phi) is 5.29. The molecule has 1 spiro atoms. The molecular formula is C19H30N4O2. The van der Waals surface area contributed by atoms with Gasteiger partial charge in [0.1, 0.15) is 5.82 Å². The topological polar surface area (TPSA) is 61.6 Å². The Hall–Kier alpha value is -1.66. The fraction of sp³-hybridized carbons (Fsp3) is 0.684. The van der Waals surface area contributed by atoms with E-state index in [1.165, 1.54) is 5.57 Å². The number of hydrogen-bond donors (Lipinski definition) is 1. The third-order valence-corrected chi connectivity index (χ3v) is 5.91. The number of carboxylic acid groups (broad SMARTS) is 1. The van der Waals surface area contributed by atoms with Crippen molar-refractivity contribution in [3.63, 3.8) is 0 Å². The molecular weight excluding hydrogens is 316 g/mol. The number of carbonyl (C=O) groups is 1. The fourth-order valence-corrected chi connectivity index (χ4v) is 4.28. The Morgan fingerprint density at radius 3 is 2.64 bits per heavy atom. The van der Waals surface area contributed by atoms with E-state index in [4.69, 9.17) is 0 Å². The fourth-order valence-electron chi connectivity index (χ4n) is 4.28. The molecule has 2 fully saturated rings. The van der Waals surface area contributed by atoms with Gasteiger partial charge in [0.05, 0.1) is 12.5 Å². The first kappa shape index (κ1) is 18.1. The largest absolute Gasteiger partial charge is 0.481 e. The maximum atomic E-state index is 11.9. The number of carboxylic acids is 1. The number of nitrogens with zero attached hydrogens (tertiary/aromatic N) is 4. The van der Waals surface area contributed by atoms with Crippen LogP contribution >= 0.6 is 0 Å². The molecule has 1 N–H and O–H groups in total. The summed E-state index contributed by atoms with van der Waals surface area (Å²) >= 11 is 0. The quantitative estimate of drug-likeness (QED) is 0.826. The van der Waals surface area contributed by atoms with Gasteiger partial charge in [-0.05, 0) is 39.8 Å². The summed E-state index contributed by atoms with van der Waals surface area (Å²) in [5.41, 5.74) is 1.25. The molecule has 3 rings (SSSR count). The van der Waals surface area contributed by atoms with Gasteiger partial charge < -0.3 is 9.67 Å². The minimum absolute atomic E-state index is 0.0849. The van der Waals surface area contributed by atoms with E-state index in [0.717, 1.165) is 51.4 Å². The number of imidazole rings is 1. The summed E-state index contributed by atoms with van der Waals surface area (Å²) < 4.78 is 2.02. The first-order valence-electron chi connectivity index (χ1n) is 9.17. The predicted octanol–water partition coefficient (Wildman–Crippen LogP) is 1.98. The molecule has 0 amide bonds. The number of likely N-dealkylation sites (tertiary alicyclic amines) is 2. The molecule has 1 unspecified atom stereocenters. The van der Waals surface area contributed by atoms with Crippen molar-refractivity contribution in [1.82, 2.24) is 19.4 Å². The monoisotopic (exact) mass is 346 g/mol. The van der Waals surface area contributed by atoms with Gasteiger partial charge in [0.15, 0.2) is 0 Å². The summed E-state index contributed by atoms with van der Waals surface area (Å²) in [6.45, 7) is 9.44. The second kappa shape index (κ2) is 7.30. The van der Waals surface area contributed by atoms with Crippen LogP contribution in [0.25, 0.3) is 0 Å². The summed E-state index contributed by atoms with van der Waals surface area (Å²) in [6, 6.07) is 0. The second-order valence-corrected chi connectivity index (χ2v) is 7.96. The van der Waals surface area contributed by atoms with Gasteiger partial charge >= 0.3 is 5.97 Å². The van der Waals surface area contributed by atoms with Crippen molar-refractivity contribution < 1.29 is 9.90 Å². The van der Waals surface area contributed by atoms with E-state index in [2.05, 4.69) is 34.7 Å². The van der Waals surface area contributed by atoms with E-state index in [-0.39, 0.29) is 11.3 Å². The van der Waals surface area contributed by atoms with Crippen molar-refractivity contribution in [2.24, 2.45) is 18.4 Å². The number of aromatic nitrogens is 2. The third kappa shape index (κ3) is 3.96. The zero-order valence-corrected chi connectivity index (χ0v) is 15.6. The molecule has 138 valence electrons. The summed E-state index contributed by atoms with van der Waals surface area (Å²) in [5, 5.41) is 9.80. The van der Waals surface area contributed by atoms with Gasteiger partial charge in [0.25, 0.3) is 0 Å². The molecule has 0 aromatic carbocycles. The van der Waals surface area contributed by atoms with Crippen LogP contribution in [0.3, 0.4) is 0 Å². The number of hydrogen-bond acceptors (Lipinski definition) is 4. The van der Waals surface area contributed by atoms with E-state index in [1.54, 1.807) is 6.20 Å². The van der Waals surface area contributed by atoms with Crippen LogP contribution in [0.2, 0.25) is 0 Å². The highest BCUT2D eigenvalue weighted by Gasteiger charge is 2.51. The molecule has 1 aromatic rings. The summed E-state index contributed by atoms with van der Waals surface area (Å²) in [4.78, 5) is 21.0. The maximum Gasteiger partial charge on any atom is 0.308 e. The zero-order chi connectivity index (χ0) is 18.0. The van der Waals surface area contributed by atoms with Crippen LogP contribution in [0.4, 0.5) is 0 Å². The average molecular weight is 346 g/mol. The van der Waals surface area contributed by atoms with Crippen LogP contribution in [0.1, 0.15) is 32.5 Å². The molecule has 6 nitrogen and oxygen atoms in total. The van der Waals surface area contributed by atoms with Crippen LogP contribution in [0.15, 0.2) is 24.0 Å². The van der Waals surface area contributed by atoms with Crippen molar-refractivity contribution in [3.8, 4) is 0 Å². The van der Waals surface area contributed by atoms with Gasteiger partial charge in [0.2, 0.25) is 0 Å². The minimum Gasteiger partial charge on any atom is -0.481 e. The third-order valence-electron chi connectivity index (χ3n) is 5.91. The normalized spacial score (nSPS) is 23.9. The van der Waals surface area contributed by atoms with Gasteiger partial charge in [-0.15, -0.1) is 0 Å². The molecule has 6 heteroatoms. The second-order valence-electron chi connectivity index (χ2n) is 7.96. The number of aryl methyl sites for hydroxylation is 1. The average Bonchev–Trinajstić information content (AvgIpc) is 3.12. The first-order valence-corrected chi connectivity index (χ1v) is 9.17. The highest BCUT2D eigenvalue weighted by molar-refractivity contribution is 5.72. The standard InChI is InChI=1S/C19H30N4O2/c1-15(2)4-8-22-9-5-19(6-10-22)14-23(12-16(19)18(24)25)13-17-20-7-11-21(17)3/h4,7,11,16H,5-6,8-10,12-14H2,1-3H3,(H,24,25). The lowest BCUT2D eigenvalue weighted by atomic mass is 9.71. The van der Waals surface area contributed by atoms with E-state index in [1.807, 2.05) is 17.8 Å².